The van der Waals surface area contributed by atoms with E-state index < -0.39 is 0 Å². The smallest absolute Gasteiger partial charge is 0.278 e. The molecule has 0 radical (unpaired) electrons. The second-order valence-corrected chi connectivity index (χ2v) is 6.21. The molecule has 0 saturated heterocycles. The average Bonchev–Trinajstić information content (AvgIpc) is 2.68. The topological polar surface area (TPSA) is 67.4 Å². The molecule has 140 valence electrons. The molecule has 6 heteroatoms. The average molecular weight is 364 g/mol. The highest BCUT2D eigenvalue weighted by molar-refractivity contribution is 6.07. The number of ether oxygens (including phenoxy) is 1. The Hall–Kier alpha value is -3.15. The van der Waals surface area contributed by atoms with Crippen LogP contribution in [0.2, 0.25) is 0 Å². The summed E-state index contributed by atoms with van der Waals surface area (Å²) in [5.74, 6) is 0.883. The lowest BCUT2D eigenvalue weighted by atomic mass is 10.2. The standard InChI is InChI=1S/C21H24N4O2/c1-5-25(6-2)20-19(22-15-9-7-8-10-16(15)23-20)21(26)24-17-13-14(3)11-12-18(17)27-4/h7-13H,5-6H2,1-4H3,(H,24,26). The minimum Gasteiger partial charge on any atom is -0.495 e. The van der Waals surface area contributed by atoms with Crippen LogP contribution in [0.3, 0.4) is 0 Å². The number of amides is 1. The lowest BCUT2D eigenvalue weighted by Gasteiger charge is -2.22. The van der Waals surface area contributed by atoms with Crippen LogP contribution in [0.4, 0.5) is 11.5 Å². The van der Waals surface area contributed by atoms with Crippen molar-refractivity contribution < 1.29 is 9.53 Å². The van der Waals surface area contributed by atoms with Gasteiger partial charge in [-0.2, -0.15) is 0 Å². The van der Waals surface area contributed by atoms with Crippen molar-refractivity contribution in [3.8, 4) is 5.75 Å². The van der Waals surface area contributed by atoms with E-state index in [1.165, 1.54) is 0 Å². The number of aryl methyl sites for hydroxylation is 1. The Morgan fingerprint density at radius 2 is 1.74 bits per heavy atom. The second kappa shape index (κ2) is 8.03. The maximum atomic E-state index is 13.1. The number of nitrogens with one attached hydrogen (secondary N) is 1. The highest BCUT2D eigenvalue weighted by Crippen LogP contribution is 2.27. The van der Waals surface area contributed by atoms with Crippen LogP contribution in [0.1, 0.15) is 29.9 Å². The van der Waals surface area contributed by atoms with E-state index in [-0.39, 0.29) is 5.91 Å². The van der Waals surface area contributed by atoms with Crippen molar-refractivity contribution in [2.45, 2.75) is 20.8 Å². The second-order valence-electron chi connectivity index (χ2n) is 6.21. The molecule has 0 spiro atoms. The lowest BCUT2D eigenvalue weighted by molar-refractivity contribution is 0.102. The van der Waals surface area contributed by atoms with Crippen molar-refractivity contribution in [3.63, 3.8) is 0 Å². The number of carbonyl (C=O) groups is 1. The van der Waals surface area contributed by atoms with Crippen LogP contribution >= 0.6 is 0 Å². The summed E-state index contributed by atoms with van der Waals surface area (Å²) in [7, 11) is 1.58. The summed E-state index contributed by atoms with van der Waals surface area (Å²) in [4.78, 5) is 24.4. The molecule has 0 aliphatic carbocycles. The summed E-state index contributed by atoms with van der Waals surface area (Å²) in [6, 6.07) is 13.2. The third kappa shape index (κ3) is 3.84. The van der Waals surface area contributed by atoms with Gasteiger partial charge >= 0.3 is 0 Å². The van der Waals surface area contributed by atoms with Crippen LogP contribution in [-0.4, -0.2) is 36.1 Å². The summed E-state index contributed by atoms with van der Waals surface area (Å²) in [5, 5.41) is 2.93. The number of benzene rings is 2. The van der Waals surface area contributed by atoms with E-state index in [1.54, 1.807) is 7.11 Å². The Bertz CT molecular complexity index is 968. The Labute approximate surface area is 159 Å². The number of aromatic nitrogens is 2. The van der Waals surface area contributed by atoms with E-state index in [1.807, 2.05) is 68.1 Å². The van der Waals surface area contributed by atoms with Gasteiger partial charge in [-0.15, -0.1) is 0 Å². The molecule has 0 atom stereocenters. The minimum atomic E-state index is -0.306. The molecule has 0 bridgehead atoms. The van der Waals surface area contributed by atoms with Gasteiger partial charge in [0, 0.05) is 13.1 Å². The van der Waals surface area contributed by atoms with Gasteiger partial charge in [0.05, 0.1) is 23.8 Å². The van der Waals surface area contributed by atoms with E-state index in [0.29, 0.717) is 28.5 Å². The molecule has 2 aromatic carbocycles. The van der Waals surface area contributed by atoms with Gasteiger partial charge in [-0.1, -0.05) is 18.2 Å². The predicted molar refractivity (Wildman–Crippen MR) is 109 cm³/mol. The Balaban J connectivity index is 2.07. The van der Waals surface area contributed by atoms with E-state index >= 15 is 0 Å². The maximum Gasteiger partial charge on any atom is 0.278 e. The Morgan fingerprint density at radius 1 is 1.07 bits per heavy atom. The van der Waals surface area contributed by atoms with Crippen LogP contribution in [0.15, 0.2) is 42.5 Å². The fraction of sp³-hybridized carbons (Fsp3) is 0.286. The van der Waals surface area contributed by atoms with Crippen molar-refractivity contribution >= 4 is 28.4 Å². The van der Waals surface area contributed by atoms with Crippen LogP contribution < -0.4 is 15.0 Å². The molecule has 0 saturated carbocycles. The first kappa shape index (κ1) is 18.6. The first-order chi connectivity index (χ1) is 13.1. The molecule has 3 aromatic rings. The minimum absolute atomic E-state index is 0.306. The number of nitrogens with zero attached hydrogens (tertiary/aromatic N) is 3. The molecular formula is C21H24N4O2. The summed E-state index contributed by atoms with van der Waals surface area (Å²) < 4.78 is 5.37. The van der Waals surface area contributed by atoms with Gasteiger partial charge in [-0.05, 0) is 50.6 Å². The third-order valence-corrected chi connectivity index (χ3v) is 4.43. The summed E-state index contributed by atoms with van der Waals surface area (Å²) in [5.41, 5.74) is 3.41. The molecular weight excluding hydrogens is 340 g/mol. The number of rotatable bonds is 6. The van der Waals surface area contributed by atoms with E-state index in [4.69, 9.17) is 9.72 Å². The summed E-state index contributed by atoms with van der Waals surface area (Å²) in [6.07, 6.45) is 0. The first-order valence-corrected chi connectivity index (χ1v) is 9.05. The van der Waals surface area contributed by atoms with Crippen LogP contribution in [0.25, 0.3) is 11.0 Å². The van der Waals surface area contributed by atoms with E-state index in [2.05, 4.69) is 10.3 Å². The van der Waals surface area contributed by atoms with Crippen molar-refractivity contribution in [1.29, 1.82) is 0 Å². The first-order valence-electron chi connectivity index (χ1n) is 9.05. The molecule has 3 rings (SSSR count). The molecule has 1 amide bonds. The van der Waals surface area contributed by atoms with Crippen LogP contribution in [0.5, 0.6) is 5.75 Å². The zero-order chi connectivity index (χ0) is 19.4. The number of hydrogen-bond donors (Lipinski definition) is 1. The highest BCUT2D eigenvalue weighted by Gasteiger charge is 2.21. The summed E-state index contributed by atoms with van der Waals surface area (Å²) in [6.45, 7) is 7.50. The van der Waals surface area contributed by atoms with Crippen molar-refractivity contribution in [2.75, 3.05) is 30.4 Å². The predicted octanol–water partition coefficient (Wildman–Crippen LogP) is 4.05. The van der Waals surface area contributed by atoms with Gasteiger partial charge in [-0.3, -0.25) is 4.79 Å². The van der Waals surface area contributed by atoms with Crippen LogP contribution in [-0.2, 0) is 0 Å². The van der Waals surface area contributed by atoms with E-state index in [0.717, 1.165) is 24.2 Å². The van der Waals surface area contributed by atoms with Crippen LogP contribution in [0, 0.1) is 6.92 Å². The van der Waals surface area contributed by atoms with Crippen molar-refractivity contribution in [2.24, 2.45) is 0 Å². The fourth-order valence-electron chi connectivity index (χ4n) is 2.99. The third-order valence-electron chi connectivity index (χ3n) is 4.43. The molecule has 0 aliphatic heterocycles. The quantitative estimate of drug-likeness (QED) is 0.715. The molecule has 27 heavy (non-hydrogen) atoms. The fourth-order valence-corrected chi connectivity index (χ4v) is 2.99. The number of hydrogen-bond acceptors (Lipinski definition) is 5. The lowest BCUT2D eigenvalue weighted by Crippen LogP contribution is -2.28. The zero-order valence-corrected chi connectivity index (χ0v) is 16.1. The Kier molecular flexibility index (Phi) is 5.54. The SMILES string of the molecule is CCN(CC)c1nc2ccccc2nc1C(=O)Nc1cc(C)ccc1OC. The number of anilines is 2. The normalized spacial score (nSPS) is 10.7. The highest BCUT2D eigenvalue weighted by atomic mass is 16.5. The molecule has 6 nitrogen and oxygen atoms in total. The van der Waals surface area contributed by atoms with E-state index in [9.17, 15) is 4.79 Å². The number of para-hydroxylation sites is 2. The number of fused-ring (bicyclic) bond motifs is 1. The molecule has 0 unspecified atom stereocenters. The molecule has 1 N–H and O–H groups in total. The molecule has 0 fully saturated rings. The monoisotopic (exact) mass is 364 g/mol. The molecule has 1 heterocycles. The molecule has 0 aliphatic rings. The van der Waals surface area contributed by atoms with Gasteiger partial charge in [0.2, 0.25) is 0 Å². The van der Waals surface area contributed by atoms with Gasteiger partial charge in [0.25, 0.3) is 5.91 Å². The Morgan fingerprint density at radius 3 is 2.37 bits per heavy atom. The van der Waals surface area contributed by atoms with Gasteiger partial charge in [-0.25, -0.2) is 9.97 Å². The number of methoxy groups -OCH3 is 1. The van der Waals surface area contributed by atoms with Gasteiger partial charge in [0.15, 0.2) is 11.5 Å². The van der Waals surface area contributed by atoms with Crippen molar-refractivity contribution in [1.82, 2.24) is 9.97 Å². The van der Waals surface area contributed by atoms with Gasteiger partial charge < -0.3 is 15.0 Å². The number of carbonyl (C=O) groups excluding carboxylic acids is 1. The van der Waals surface area contributed by atoms with Gasteiger partial charge in [0.1, 0.15) is 5.75 Å². The molecule has 1 aromatic heterocycles. The zero-order valence-electron chi connectivity index (χ0n) is 16.1. The summed E-state index contributed by atoms with van der Waals surface area (Å²) >= 11 is 0. The van der Waals surface area contributed by atoms with Crippen molar-refractivity contribution in [3.05, 3.63) is 53.7 Å². The largest absolute Gasteiger partial charge is 0.495 e. The maximum absolute atomic E-state index is 13.1.